The number of fused-ring (bicyclic) bond motifs is 3. The number of benzene rings is 2. The number of nitrogens with one attached hydrogen (secondary N) is 1. The molecule has 2 aromatic carbocycles. The van der Waals surface area contributed by atoms with Gasteiger partial charge in [-0.3, -0.25) is 0 Å². The van der Waals surface area contributed by atoms with Gasteiger partial charge in [0.2, 0.25) is 10.0 Å². The van der Waals surface area contributed by atoms with Crippen molar-refractivity contribution in [1.82, 2.24) is 9.29 Å². The first-order valence-electron chi connectivity index (χ1n) is 7.32. The van der Waals surface area contributed by atoms with Crippen LogP contribution in [0, 0.1) is 0 Å². The van der Waals surface area contributed by atoms with Crippen LogP contribution < -0.4 is 4.72 Å². The van der Waals surface area contributed by atoms with E-state index in [0.29, 0.717) is 32.0 Å². The van der Waals surface area contributed by atoms with Crippen molar-refractivity contribution in [3.05, 3.63) is 81.1 Å². The van der Waals surface area contributed by atoms with Crippen molar-refractivity contribution in [2.75, 3.05) is 0 Å². The summed E-state index contributed by atoms with van der Waals surface area (Å²) in [5.41, 5.74) is 1.73. The Balaban J connectivity index is 2.04. The van der Waals surface area contributed by atoms with Gasteiger partial charge in [0.15, 0.2) is 0 Å². The van der Waals surface area contributed by atoms with Crippen LogP contribution in [0.1, 0.15) is 17.3 Å². The molecule has 0 radical (unpaired) electrons. The summed E-state index contributed by atoms with van der Waals surface area (Å²) in [4.78, 5) is 0.100. The van der Waals surface area contributed by atoms with Crippen LogP contribution in [0.2, 0.25) is 15.1 Å². The molecule has 0 fully saturated rings. The Kier molecular flexibility index (Phi) is 4.09. The first kappa shape index (κ1) is 16.9. The number of halogens is 3. The van der Waals surface area contributed by atoms with Gasteiger partial charge >= 0.3 is 0 Å². The summed E-state index contributed by atoms with van der Waals surface area (Å²) in [6, 6.07) is 12.8. The van der Waals surface area contributed by atoms with Gasteiger partial charge in [0, 0.05) is 32.5 Å². The number of aromatic nitrogens is 1. The molecule has 1 aliphatic rings. The van der Waals surface area contributed by atoms with Crippen LogP contribution in [0.5, 0.6) is 0 Å². The van der Waals surface area contributed by atoms with Gasteiger partial charge in [-0.2, -0.15) is 4.72 Å². The summed E-state index contributed by atoms with van der Waals surface area (Å²) in [5.74, 6) is 0. The second kappa shape index (κ2) is 6.04. The molecule has 1 aromatic heterocycles. The molecule has 1 aliphatic heterocycles. The fourth-order valence-electron chi connectivity index (χ4n) is 3.02. The number of hydrogen-bond donors (Lipinski definition) is 1. The molecule has 4 rings (SSSR count). The van der Waals surface area contributed by atoms with Gasteiger partial charge < -0.3 is 4.57 Å². The molecule has 0 bridgehead atoms. The molecule has 0 aliphatic carbocycles. The summed E-state index contributed by atoms with van der Waals surface area (Å²) in [5, 5.41) is 1.11. The molecule has 0 saturated heterocycles. The second-order valence-electron chi connectivity index (χ2n) is 5.60. The molecular weight excluding hydrogens is 403 g/mol. The molecule has 0 spiro atoms. The van der Waals surface area contributed by atoms with E-state index in [0.717, 1.165) is 0 Å². The van der Waals surface area contributed by atoms with Crippen molar-refractivity contribution < 1.29 is 8.42 Å². The second-order valence-corrected chi connectivity index (χ2v) is 8.54. The highest BCUT2D eigenvalue weighted by atomic mass is 35.5. The number of rotatable bonds is 1. The first-order valence-corrected chi connectivity index (χ1v) is 9.93. The molecule has 1 atom stereocenters. The Labute approximate surface area is 160 Å². The van der Waals surface area contributed by atoms with Crippen molar-refractivity contribution in [3.8, 4) is 5.69 Å². The third-order valence-corrected chi connectivity index (χ3v) is 6.45. The highest BCUT2D eigenvalue weighted by molar-refractivity contribution is 7.89. The Morgan fingerprint density at radius 1 is 0.960 bits per heavy atom. The minimum Gasteiger partial charge on any atom is -0.318 e. The lowest BCUT2D eigenvalue weighted by atomic mass is 10.0. The van der Waals surface area contributed by atoms with Crippen molar-refractivity contribution >= 4 is 44.8 Å². The monoisotopic (exact) mass is 412 g/mol. The van der Waals surface area contributed by atoms with E-state index < -0.39 is 16.1 Å². The van der Waals surface area contributed by atoms with Crippen LogP contribution in [0.15, 0.2) is 59.6 Å². The van der Waals surface area contributed by atoms with E-state index in [2.05, 4.69) is 4.72 Å². The highest BCUT2D eigenvalue weighted by Crippen LogP contribution is 2.39. The van der Waals surface area contributed by atoms with E-state index in [-0.39, 0.29) is 4.90 Å². The standard InChI is InChI=1S/C17H11Cl3N2O2S/c18-10-6-7-13-15(9-10)25(23,24)21-17(14-5-2-8-22(13)14)16-11(19)3-1-4-12(16)20/h1-9,17,21H. The summed E-state index contributed by atoms with van der Waals surface area (Å²) < 4.78 is 30.4. The maximum Gasteiger partial charge on any atom is 0.243 e. The number of hydrogen-bond acceptors (Lipinski definition) is 2. The maximum absolute atomic E-state index is 12.9. The number of nitrogens with zero attached hydrogens (tertiary/aromatic N) is 1. The fourth-order valence-corrected chi connectivity index (χ4v) is 5.28. The molecule has 2 heterocycles. The van der Waals surface area contributed by atoms with Crippen LogP contribution in [0.3, 0.4) is 0 Å². The molecule has 0 saturated carbocycles. The maximum atomic E-state index is 12.9. The van der Waals surface area contributed by atoms with Gasteiger partial charge in [-0.1, -0.05) is 40.9 Å². The van der Waals surface area contributed by atoms with Crippen LogP contribution >= 0.6 is 34.8 Å². The van der Waals surface area contributed by atoms with Crippen LogP contribution in [-0.4, -0.2) is 13.0 Å². The lowest BCUT2D eigenvalue weighted by Gasteiger charge is -2.19. The fraction of sp³-hybridized carbons (Fsp3) is 0.0588. The van der Waals surface area contributed by atoms with E-state index in [1.165, 1.54) is 6.07 Å². The average Bonchev–Trinajstić information content (AvgIpc) is 3.00. The van der Waals surface area contributed by atoms with Gasteiger partial charge in [0.1, 0.15) is 4.90 Å². The van der Waals surface area contributed by atoms with E-state index in [1.54, 1.807) is 41.1 Å². The minimum absolute atomic E-state index is 0.100. The molecule has 25 heavy (non-hydrogen) atoms. The Morgan fingerprint density at radius 2 is 1.68 bits per heavy atom. The lowest BCUT2D eigenvalue weighted by molar-refractivity contribution is 0.573. The Morgan fingerprint density at radius 3 is 2.40 bits per heavy atom. The Hall–Kier alpha value is -1.50. The van der Waals surface area contributed by atoms with Gasteiger partial charge in [-0.05, 0) is 42.5 Å². The van der Waals surface area contributed by atoms with E-state index in [1.807, 2.05) is 12.1 Å². The number of sulfonamides is 1. The van der Waals surface area contributed by atoms with Crippen molar-refractivity contribution in [2.45, 2.75) is 10.9 Å². The molecule has 1 N–H and O–H groups in total. The summed E-state index contributed by atoms with van der Waals surface area (Å²) in [6.07, 6.45) is 1.79. The molecule has 1 unspecified atom stereocenters. The quantitative estimate of drug-likeness (QED) is 0.622. The zero-order valence-electron chi connectivity index (χ0n) is 12.6. The first-order chi connectivity index (χ1) is 11.9. The third-order valence-electron chi connectivity index (χ3n) is 4.11. The molecule has 4 nitrogen and oxygen atoms in total. The Bertz CT molecular complexity index is 1070. The van der Waals surface area contributed by atoms with E-state index >= 15 is 0 Å². The van der Waals surface area contributed by atoms with Gasteiger partial charge in [-0.15, -0.1) is 0 Å². The van der Waals surface area contributed by atoms with Crippen molar-refractivity contribution in [1.29, 1.82) is 0 Å². The highest BCUT2D eigenvalue weighted by Gasteiger charge is 2.33. The smallest absolute Gasteiger partial charge is 0.243 e. The van der Waals surface area contributed by atoms with Crippen LogP contribution in [0.25, 0.3) is 5.69 Å². The predicted octanol–water partition coefficient (Wildman–Crippen LogP) is 4.82. The van der Waals surface area contributed by atoms with Crippen molar-refractivity contribution in [2.24, 2.45) is 0 Å². The molecular formula is C17H11Cl3N2O2S. The van der Waals surface area contributed by atoms with Crippen molar-refractivity contribution in [3.63, 3.8) is 0 Å². The van der Waals surface area contributed by atoms with Gasteiger partial charge in [0.25, 0.3) is 0 Å². The molecule has 3 aromatic rings. The minimum atomic E-state index is -3.84. The van der Waals surface area contributed by atoms with E-state index in [9.17, 15) is 8.42 Å². The largest absolute Gasteiger partial charge is 0.318 e. The SMILES string of the molecule is O=S1(=O)NC(c2c(Cl)cccc2Cl)c2cccn2-c2ccc(Cl)cc21. The van der Waals surface area contributed by atoms with Gasteiger partial charge in [-0.25, -0.2) is 8.42 Å². The predicted molar refractivity (Wildman–Crippen MR) is 99.4 cm³/mol. The van der Waals surface area contributed by atoms with Crippen LogP contribution in [0.4, 0.5) is 0 Å². The van der Waals surface area contributed by atoms with Gasteiger partial charge in [0.05, 0.1) is 11.7 Å². The summed E-state index contributed by atoms with van der Waals surface area (Å²) >= 11 is 18.7. The zero-order valence-corrected chi connectivity index (χ0v) is 15.7. The molecule has 0 amide bonds. The third kappa shape index (κ3) is 2.76. The molecule has 128 valence electrons. The normalized spacial score (nSPS) is 18.3. The average molecular weight is 414 g/mol. The van der Waals surface area contributed by atoms with Crippen LogP contribution in [-0.2, 0) is 10.0 Å². The lowest BCUT2D eigenvalue weighted by Crippen LogP contribution is -2.28. The molecule has 8 heteroatoms. The van der Waals surface area contributed by atoms with E-state index in [4.69, 9.17) is 34.8 Å². The summed E-state index contributed by atoms with van der Waals surface area (Å²) in [6.45, 7) is 0. The summed E-state index contributed by atoms with van der Waals surface area (Å²) in [7, 11) is -3.84. The zero-order chi connectivity index (χ0) is 17.8. The topological polar surface area (TPSA) is 51.1 Å².